The van der Waals surface area contributed by atoms with Gasteiger partial charge >= 0.3 is 0 Å². The molecule has 7 nitrogen and oxygen atoms in total. The summed E-state index contributed by atoms with van der Waals surface area (Å²) in [5.74, 6) is -1.44. The molecule has 0 saturated carbocycles. The summed E-state index contributed by atoms with van der Waals surface area (Å²) in [5, 5.41) is 0.875. The van der Waals surface area contributed by atoms with E-state index < -0.39 is 11.8 Å². The van der Waals surface area contributed by atoms with E-state index in [-0.39, 0.29) is 24.9 Å². The number of nitrogens with zero attached hydrogens (tertiary/aromatic N) is 3. The Morgan fingerprint density at radius 1 is 1.12 bits per heavy atom. The van der Waals surface area contributed by atoms with Crippen LogP contribution in [-0.4, -0.2) is 58.7 Å². The summed E-state index contributed by atoms with van der Waals surface area (Å²) in [5.41, 5.74) is 6.72. The first-order chi connectivity index (χ1) is 12.0. The number of nitrogens with two attached hydrogens (primary N) is 1. The van der Waals surface area contributed by atoms with Crippen LogP contribution < -0.4 is 5.73 Å². The Labute approximate surface area is 145 Å². The van der Waals surface area contributed by atoms with Gasteiger partial charge < -0.3 is 15.5 Å². The highest BCUT2D eigenvalue weighted by atomic mass is 16.2. The normalized spacial score (nSPS) is 18.0. The van der Waals surface area contributed by atoms with E-state index in [1.54, 1.807) is 15.9 Å². The average molecular weight is 340 g/mol. The number of primary amides is 1. The summed E-state index contributed by atoms with van der Waals surface area (Å²) < 4.78 is 0. The van der Waals surface area contributed by atoms with Crippen molar-refractivity contribution in [2.45, 2.75) is 6.92 Å². The molecule has 25 heavy (non-hydrogen) atoms. The number of hydrogen-bond acceptors (Lipinski definition) is 4. The van der Waals surface area contributed by atoms with Crippen LogP contribution in [0.15, 0.2) is 36.5 Å². The van der Waals surface area contributed by atoms with Crippen molar-refractivity contribution in [1.29, 1.82) is 0 Å². The molecule has 1 aliphatic rings. The van der Waals surface area contributed by atoms with Crippen molar-refractivity contribution in [3.8, 4) is 0 Å². The van der Waals surface area contributed by atoms with Crippen LogP contribution in [-0.2, 0) is 9.59 Å². The van der Waals surface area contributed by atoms with Crippen LogP contribution in [0.4, 0.5) is 0 Å². The predicted molar refractivity (Wildman–Crippen MR) is 92.6 cm³/mol. The van der Waals surface area contributed by atoms with Gasteiger partial charge in [0.1, 0.15) is 0 Å². The highest BCUT2D eigenvalue weighted by molar-refractivity contribution is 5.97. The van der Waals surface area contributed by atoms with Gasteiger partial charge in [0, 0.05) is 44.7 Å². The minimum absolute atomic E-state index is 0.132. The first kappa shape index (κ1) is 16.9. The van der Waals surface area contributed by atoms with Crippen LogP contribution in [0.5, 0.6) is 0 Å². The highest BCUT2D eigenvalue weighted by Gasteiger charge is 2.30. The summed E-state index contributed by atoms with van der Waals surface area (Å²) in [4.78, 5) is 43.7. The topological polar surface area (TPSA) is 96.6 Å². The van der Waals surface area contributed by atoms with E-state index >= 15 is 0 Å². The van der Waals surface area contributed by atoms with E-state index in [0.29, 0.717) is 18.7 Å². The molecule has 0 bridgehead atoms. The highest BCUT2D eigenvalue weighted by Crippen LogP contribution is 2.17. The van der Waals surface area contributed by atoms with Gasteiger partial charge in [-0.2, -0.15) is 0 Å². The number of aromatic nitrogens is 1. The fraction of sp³-hybridized carbons (Fsp3) is 0.333. The molecule has 0 spiro atoms. The fourth-order valence-electron chi connectivity index (χ4n) is 3.03. The number of carbonyl (C=O) groups excluding carboxylic acids is 3. The first-order valence-electron chi connectivity index (χ1n) is 8.14. The molecule has 1 fully saturated rings. The summed E-state index contributed by atoms with van der Waals surface area (Å²) in [7, 11) is 0. The Balaban J connectivity index is 1.86. The number of benzene rings is 1. The molecule has 0 unspecified atom stereocenters. The van der Waals surface area contributed by atoms with E-state index in [4.69, 9.17) is 5.73 Å². The molecule has 1 saturated heterocycles. The molecule has 1 aromatic carbocycles. The Morgan fingerprint density at radius 2 is 1.80 bits per heavy atom. The molecule has 1 aliphatic heterocycles. The Bertz CT molecular complexity index is 836. The monoisotopic (exact) mass is 340 g/mol. The van der Waals surface area contributed by atoms with Crippen LogP contribution >= 0.6 is 0 Å². The quantitative estimate of drug-likeness (QED) is 0.867. The van der Waals surface area contributed by atoms with Gasteiger partial charge in [0.2, 0.25) is 11.8 Å². The van der Waals surface area contributed by atoms with Crippen LogP contribution in [0.2, 0.25) is 0 Å². The molecule has 3 rings (SSSR count). The number of rotatable bonds is 2. The third kappa shape index (κ3) is 3.60. The van der Waals surface area contributed by atoms with Gasteiger partial charge in [0.05, 0.1) is 17.0 Å². The van der Waals surface area contributed by atoms with Crippen molar-refractivity contribution in [3.05, 3.63) is 42.1 Å². The first-order valence-corrected chi connectivity index (χ1v) is 8.14. The van der Waals surface area contributed by atoms with Gasteiger partial charge in [-0.3, -0.25) is 19.4 Å². The fourth-order valence-corrected chi connectivity index (χ4v) is 3.03. The standard InChI is InChI=1S/C18H20N4O3/c1-12(23)21-6-7-22(11-15(10-21)17(19)24)18(25)14-8-13-4-2-3-5-16(13)20-9-14/h2-5,8-9,15H,6-7,10-11H2,1H3,(H2,19,24)/t15-/m0/s1. The molecule has 1 atom stereocenters. The van der Waals surface area contributed by atoms with Gasteiger partial charge in [-0.1, -0.05) is 18.2 Å². The maximum atomic E-state index is 12.9. The molecular formula is C18H20N4O3. The zero-order valence-corrected chi connectivity index (χ0v) is 14.0. The van der Waals surface area contributed by atoms with Crippen LogP contribution in [0, 0.1) is 5.92 Å². The van der Waals surface area contributed by atoms with Gasteiger partial charge in [-0.25, -0.2) is 0 Å². The van der Waals surface area contributed by atoms with E-state index in [2.05, 4.69) is 4.98 Å². The van der Waals surface area contributed by atoms with E-state index in [0.717, 1.165) is 10.9 Å². The molecule has 2 aromatic rings. The number of amides is 3. The molecule has 1 aromatic heterocycles. The van der Waals surface area contributed by atoms with Gasteiger partial charge in [0.15, 0.2) is 0 Å². The lowest BCUT2D eigenvalue weighted by atomic mass is 10.1. The zero-order valence-electron chi connectivity index (χ0n) is 14.0. The smallest absolute Gasteiger partial charge is 0.255 e. The molecule has 0 aliphatic carbocycles. The second-order valence-electron chi connectivity index (χ2n) is 6.23. The second kappa shape index (κ2) is 6.88. The third-order valence-corrected chi connectivity index (χ3v) is 4.49. The maximum absolute atomic E-state index is 12.9. The van der Waals surface area contributed by atoms with Crippen molar-refractivity contribution in [2.24, 2.45) is 11.7 Å². The lowest BCUT2D eigenvalue weighted by Crippen LogP contribution is -2.40. The summed E-state index contributed by atoms with van der Waals surface area (Å²) in [6.45, 7) is 2.62. The van der Waals surface area contributed by atoms with Crippen LogP contribution in [0.3, 0.4) is 0 Å². The third-order valence-electron chi connectivity index (χ3n) is 4.49. The van der Waals surface area contributed by atoms with Crippen molar-refractivity contribution >= 4 is 28.6 Å². The summed E-state index contributed by atoms with van der Waals surface area (Å²) in [6, 6.07) is 9.34. The molecule has 0 radical (unpaired) electrons. The molecule has 2 N–H and O–H groups in total. The molecule has 7 heteroatoms. The van der Waals surface area contributed by atoms with Gasteiger partial charge in [0.25, 0.3) is 5.91 Å². The molecular weight excluding hydrogens is 320 g/mol. The lowest BCUT2D eigenvalue weighted by molar-refractivity contribution is -0.130. The predicted octanol–water partition coefficient (Wildman–Crippen LogP) is 0.641. The Kier molecular flexibility index (Phi) is 4.65. The van der Waals surface area contributed by atoms with Gasteiger partial charge in [-0.15, -0.1) is 0 Å². The van der Waals surface area contributed by atoms with Crippen LogP contribution in [0.1, 0.15) is 17.3 Å². The zero-order chi connectivity index (χ0) is 18.0. The Morgan fingerprint density at radius 3 is 2.52 bits per heavy atom. The van der Waals surface area contributed by atoms with E-state index in [9.17, 15) is 14.4 Å². The largest absolute Gasteiger partial charge is 0.369 e. The average Bonchev–Trinajstić information content (AvgIpc) is 2.84. The minimum atomic E-state index is -0.580. The second-order valence-corrected chi connectivity index (χ2v) is 6.23. The van der Waals surface area contributed by atoms with Crippen LogP contribution in [0.25, 0.3) is 10.9 Å². The van der Waals surface area contributed by atoms with Crippen molar-refractivity contribution in [1.82, 2.24) is 14.8 Å². The number of para-hydroxylation sites is 1. The lowest BCUT2D eigenvalue weighted by Gasteiger charge is -2.22. The Hall–Kier alpha value is -2.96. The SMILES string of the molecule is CC(=O)N1CCN(C(=O)c2cnc3ccccc3c2)C[C@@H](C(N)=O)C1. The number of pyridine rings is 1. The molecule has 3 amide bonds. The van der Waals surface area contributed by atoms with Crippen molar-refractivity contribution in [2.75, 3.05) is 26.2 Å². The van der Waals surface area contributed by atoms with Crippen molar-refractivity contribution < 1.29 is 14.4 Å². The van der Waals surface area contributed by atoms with Gasteiger partial charge in [-0.05, 0) is 12.1 Å². The molecule has 2 heterocycles. The number of carbonyl (C=O) groups is 3. The minimum Gasteiger partial charge on any atom is -0.369 e. The van der Waals surface area contributed by atoms with Crippen molar-refractivity contribution in [3.63, 3.8) is 0 Å². The summed E-state index contributed by atoms with van der Waals surface area (Å²) in [6.07, 6.45) is 1.54. The summed E-state index contributed by atoms with van der Waals surface area (Å²) >= 11 is 0. The number of hydrogen-bond donors (Lipinski definition) is 1. The van der Waals surface area contributed by atoms with E-state index in [1.165, 1.54) is 13.1 Å². The maximum Gasteiger partial charge on any atom is 0.255 e. The van der Waals surface area contributed by atoms with E-state index in [1.807, 2.05) is 24.3 Å². The molecule has 130 valence electrons. The number of fused-ring (bicyclic) bond motifs is 1.